The maximum atomic E-state index is 13.4. The largest absolute Gasteiger partial charge is 0.324 e. The molecule has 8 heteroatoms. The number of carbonyl (C=O) groups is 2. The van der Waals surface area contributed by atoms with E-state index < -0.39 is 17.6 Å². The lowest BCUT2D eigenvalue weighted by Crippen LogP contribution is -2.14. The first-order valence-electron chi connectivity index (χ1n) is 5.30. The number of H-pyrrole nitrogens is 1. The molecule has 7 nitrogen and oxygen atoms in total. The van der Waals surface area contributed by atoms with Crippen LogP contribution in [0.4, 0.5) is 15.8 Å². The topological polar surface area (TPSA) is 99.8 Å². The summed E-state index contributed by atoms with van der Waals surface area (Å²) in [5, 5.41) is 10.8. The Labute approximate surface area is 107 Å². The summed E-state index contributed by atoms with van der Waals surface area (Å²) >= 11 is 0. The Bertz CT molecular complexity index is 612. The molecule has 1 heterocycles. The van der Waals surface area contributed by atoms with Gasteiger partial charge in [0.05, 0.1) is 5.69 Å². The SMILES string of the molecule is CC(=O)Nc1cc(NC(=O)c2ncn[nH]2)ccc1F. The molecule has 2 amide bonds. The van der Waals surface area contributed by atoms with E-state index in [1.807, 2.05) is 0 Å². The van der Waals surface area contributed by atoms with Crippen LogP contribution in [0.1, 0.15) is 17.5 Å². The first-order chi connectivity index (χ1) is 9.06. The van der Waals surface area contributed by atoms with Crippen LogP contribution in [0, 0.1) is 5.82 Å². The maximum absolute atomic E-state index is 13.4. The van der Waals surface area contributed by atoms with Crippen LogP contribution in [0.2, 0.25) is 0 Å². The van der Waals surface area contributed by atoms with Crippen molar-refractivity contribution in [1.29, 1.82) is 0 Å². The number of anilines is 2. The fourth-order valence-electron chi connectivity index (χ4n) is 1.39. The minimum Gasteiger partial charge on any atom is -0.324 e. The molecule has 0 spiro atoms. The van der Waals surface area contributed by atoms with Crippen LogP contribution < -0.4 is 10.6 Å². The number of aromatic nitrogens is 3. The number of hydrogen-bond donors (Lipinski definition) is 3. The minimum atomic E-state index is -0.590. The molecule has 1 aromatic carbocycles. The fraction of sp³-hybridized carbons (Fsp3) is 0.0909. The van der Waals surface area contributed by atoms with E-state index >= 15 is 0 Å². The highest BCUT2D eigenvalue weighted by atomic mass is 19.1. The zero-order chi connectivity index (χ0) is 13.8. The van der Waals surface area contributed by atoms with Gasteiger partial charge in [-0.25, -0.2) is 9.37 Å². The standard InChI is InChI=1S/C11H10FN5O2/c1-6(18)15-9-4-7(2-3-8(9)12)16-11(19)10-13-5-14-17-10/h2-5H,1H3,(H,15,18)(H,16,19)(H,13,14,17). The number of aromatic amines is 1. The van der Waals surface area contributed by atoms with E-state index in [1.165, 1.54) is 25.4 Å². The molecule has 3 N–H and O–H groups in total. The summed E-state index contributed by atoms with van der Waals surface area (Å²) in [7, 11) is 0. The van der Waals surface area contributed by atoms with Crippen molar-refractivity contribution < 1.29 is 14.0 Å². The Kier molecular flexibility index (Phi) is 3.51. The Morgan fingerprint density at radius 2 is 2.11 bits per heavy atom. The predicted octanol–water partition coefficient (Wildman–Crippen LogP) is 1.15. The number of nitrogens with one attached hydrogen (secondary N) is 3. The number of nitrogens with zero attached hydrogens (tertiary/aromatic N) is 2. The van der Waals surface area contributed by atoms with Crippen LogP contribution in [0.25, 0.3) is 0 Å². The molecule has 0 unspecified atom stereocenters. The lowest BCUT2D eigenvalue weighted by Gasteiger charge is -2.07. The van der Waals surface area contributed by atoms with E-state index in [9.17, 15) is 14.0 Å². The molecule has 2 aromatic rings. The molecule has 0 fully saturated rings. The Morgan fingerprint density at radius 1 is 1.32 bits per heavy atom. The fourth-order valence-corrected chi connectivity index (χ4v) is 1.39. The molecule has 1 aromatic heterocycles. The normalized spacial score (nSPS) is 10.0. The van der Waals surface area contributed by atoms with Gasteiger partial charge in [-0.05, 0) is 18.2 Å². The van der Waals surface area contributed by atoms with Crippen molar-refractivity contribution in [2.24, 2.45) is 0 Å². The molecule has 0 aliphatic heterocycles. The summed E-state index contributed by atoms with van der Waals surface area (Å²) < 4.78 is 13.4. The van der Waals surface area contributed by atoms with Crippen molar-refractivity contribution in [2.75, 3.05) is 10.6 Å². The average molecular weight is 263 g/mol. The number of amides is 2. The number of hydrogen-bond acceptors (Lipinski definition) is 4. The van der Waals surface area contributed by atoms with E-state index in [1.54, 1.807) is 0 Å². The second-order valence-electron chi connectivity index (χ2n) is 3.66. The van der Waals surface area contributed by atoms with Gasteiger partial charge in [-0.1, -0.05) is 0 Å². The second kappa shape index (κ2) is 5.25. The molecule has 0 bridgehead atoms. The van der Waals surface area contributed by atoms with Crippen molar-refractivity contribution in [3.8, 4) is 0 Å². The van der Waals surface area contributed by atoms with Crippen LogP contribution in [0.15, 0.2) is 24.5 Å². The van der Waals surface area contributed by atoms with E-state index in [4.69, 9.17) is 0 Å². The van der Waals surface area contributed by atoms with Crippen molar-refractivity contribution in [3.05, 3.63) is 36.2 Å². The van der Waals surface area contributed by atoms with Crippen molar-refractivity contribution in [1.82, 2.24) is 15.2 Å². The maximum Gasteiger partial charge on any atom is 0.292 e. The number of carbonyl (C=O) groups excluding carboxylic acids is 2. The highest BCUT2D eigenvalue weighted by Gasteiger charge is 2.11. The van der Waals surface area contributed by atoms with Gasteiger partial charge in [0, 0.05) is 12.6 Å². The molecule has 0 atom stereocenters. The van der Waals surface area contributed by atoms with E-state index in [2.05, 4.69) is 25.8 Å². The first kappa shape index (κ1) is 12.7. The monoisotopic (exact) mass is 263 g/mol. The molecule has 2 rings (SSSR count). The van der Waals surface area contributed by atoms with Crippen LogP contribution >= 0.6 is 0 Å². The van der Waals surface area contributed by atoms with Gasteiger partial charge in [-0.2, -0.15) is 5.10 Å². The molecular formula is C11H10FN5O2. The molecule has 19 heavy (non-hydrogen) atoms. The summed E-state index contributed by atoms with van der Waals surface area (Å²) in [5.41, 5.74) is 0.314. The summed E-state index contributed by atoms with van der Waals surface area (Å²) in [6, 6.07) is 3.82. The summed E-state index contributed by atoms with van der Waals surface area (Å²) in [6.07, 6.45) is 1.20. The highest BCUT2D eigenvalue weighted by molar-refractivity contribution is 6.02. The Hall–Kier alpha value is -2.77. The third-order valence-electron chi connectivity index (χ3n) is 2.17. The van der Waals surface area contributed by atoms with Gasteiger partial charge in [-0.15, -0.1) is 0 Å². The summed E-state index contributed by atoms with van der Waals surface area (Å²) in [4.78, 5) is 26.2. The van der Waals surface area contributed by atoms with Crippen LogP contribution in [-0.4, -0.2) is 27.0 Å². The van der Waals surface area contributed by atoms with Crippen molar-refractivity contribution >= 4 is 23.2 Å². The lowest BCUT2D eigenvalue weighted by molar-refractivity contribution is -0.114. The van der Waals surface area contributed by atoms with Gasteiger partial charge in [0.15, 0.2) is 0 Å². The molecular weight excluding hydrogens is 253 g/mol. The highest BCUT2D eigenvalue weighted by Crippen LogP contribution is 2.19. The summed E-state index contributed by atoms with van der Waals surface area (Å²) in [6.45, 7) is 1.26. The second-order valence-corrected chi connectivity index (χ2v) is 3.66. The molecule has 0 aliphatic carbocycles. The van der Waals surface area contributed by atoms with Gasteiger partial charge in [0.2, 0.25) is 11.7 Å². The summed E-state index contributed by atoms with van der Waals surface area (Å²) in [5.74, 6) is -1.48. The van der Waals surface area contributed by atoms with Crippen LogP contribution in [0.3, 0.4) is 0 Å². The molecule has 98 valence electrons. The van der Waals surface area contributed by atoms with Crippen LogP contribution in [0.5, 0.6) is 0 Å². The molecule has 0 saturated heterocycles. The van der Waals surface area contributed by atoms with Gasteiger partial charge in [0.1, 0.15) is 12.1 Å². The smallest absolute Gasteiger partial charge is 0.292 e. The number of benzene rings is 1. The van der Waals surface area contributed by atoms with Gasteiger partial charge in [0.25, 0.3) is 5.91 Å². The first-order valence-corrected chi connectivity index (χ1v) is 5.30. The third-order valence-corrected chi connectivity index (χ3v) is 2.17. The zero-order valence-electron chi connectivity index (χ0n) is 9.90. The van der Waals surface area contributed by atoms with E-state index in [0.717, 1.165) is 6.07 Å². The Balaban J connectivity index is 2.17. The number of halogens is 1. The Morgan fingerprint density at radius 3 is 2.74 bits per heavy atom. The van der Waals surface area contributed by atoms with Gasteiger partial charge in [-0.3, -0.25) is 14.7 Å². The molecule has 0 aliphatic rings. The molecule has 0 saturated carbocycles. The van der Waals surface area contributed by atoms with Gasteiger partial charge >= 0.3 is 0 Å². The quantitative estimate of drug-likeness (QED) is 0.773. The van der Waals surface area contributed by atoms with Crippen molar-refractivity contribution in [2.45, 2.75) is 6.92 Å². The van der Waals surface area contributed by atoms with Crippen molar-refractivity contribution in [3.63, 3.8) is 0 Å². The van der Waals surface area contributed by atoms with Crippen LogP contribution in [-0.2, 0) is 4.79 Å². The zero-order valence-corrected chi connectivity index (χ0v) is 9.90. The third kappa shape index (κ3) is 3.12. The van der Waals surface area contributed by atoms with E-state index in [-0.39, 0.29) is 11.5 Å². The lowest BCUT2D eigenvalue weighted by atomic mass is 10.2. The van der Waals surface area contributed by atoms with E-state index in [0.29, 0.717) is 5.69 Å². The minimum absolute atomic E-state index is 0.0112. The molecule has 0 radical (unpaired) electrons. The van der Waals surface area contributed by atoms with Gasteiger partial charge < -0.3 is 10.6 Å². The average Bonchev–Trinajstić information content (AvgIpc) is 2.86. The predicted molar refractivity (Wildman–Crippen MR) is 65.0 cm³/mol. The number of rotatable bonds is 3.